The molecule has 134 valence electrons. The third-order valence-electron chi connectivity index (χ3n) is 3.80. The van der Waals surface area contributed by atoms with Crippen molar-refractivity contribution >= 4 is 5.97 Å². The lowest BCUT2D eigenvalue weighted by Crippen LogP contribution is -2.09. The van der Waals surface area contributed by atoms with E-state index in [9.17, 15) is 4.79 Å². The zero-order valence-corrected chi connectivity index (χ0v) is 15.1. The third kappa shape index (κ3) is 5.23. The van der Waals surface area contributed by atoms with Crippen LogP contribution >= 0.6 is 0 Å². The van der Waals surface area contributed by atoms with Crippen LogP contribution in [0, 0.1) is 11.8 Å². The van der Waals surface area contributed by atoms with Crippen molar-refractivity contribution in [1.29, 1.82) is 0 Å². The minimum Gasteiger partial charge on any atom is -0.461 e. The number of hydrogen-bond donors (Lipinski definition) is 0. The summed E-state index contributed by atoms with van der Waals surface area (Å²) in [6.07, 6.45) is 6.63. The molecular weight excluding hydrogens is 338 g/mol. The van der Waals surface area contributed by atoms with E-state index in [1.807, 2.05) is 43.3 Å². The lowest BCUT2D eigenvalue weighted by Gasteiger charge is -2.05. The van der Waals surface area contributed by atoms with E-state index in [1.54, 1.807) is 18.5 Å². The number of unbranched alkanes of at least 4 members (excludes halogenated alkanes) is 1. The molecule has 0 saturated heterocycles. The summed E-state index contributed by atoms with van der Waals surface area (Å²) in [5.41, 5.74) is 3.56. The second-order valence-corrected chi connectivity index (χ2v) is 5.85. The van der Waals surface area contributed by atoms with Gasteiger partial charge in [0.15, 0.2) is 5.69 Å². The topological polar surface area (TPSA) is 65.0 Å². The maximum Gasteiger partial charge on any atom is 0.357 e. The number of benzene rings is 1. The number of pyridine rings is 1. The van der Waals surface area contributed by atoms with Crippen LogP contribution in [-0.4, -0.2) is 27.5 Å². The van der Waals surface area contributed by atoms with Crippen molar-refractivity contribution in [3.63, 3.8) is 0 Å². The summed E-state index contributed by atoms with van der Waals surface area (Å²) < 4.78 is 5.20. The van der Waals surface area contributed by atoms with E-state index >= 15 is 0 Å². The van der Waals surface area contributed by atoms with Crippen LogP contribution in [0.2, 0.25) is 0 Å². The van der Waals surface area contributed by atoms with Crippen molar-refractivity contribution < 1.29 is 9.53 Å². The van der Waals surface area contributed by atoms with Gasteiger partial charge in [0, 0.05) is 29.1 Å². The van der Waals surface area contributed by atoms with Gasteiger partial charge >= 0.3 is 5.97 Å². The molecule has 0 amide bonds. The van der Waals surface area contributed by atoms with Crippen LogP contribution in [0.15, 0.2) is 61.2 Å². The van der Waals surface area contributed by atoms with Crippen LogP contribution < -0.4 is 0 Å². The highest BCUT2D eigenvalue weighted by Gasteiger charge is 2.11. The first-order valence-corrected chi connectivity index (χ1v) is 8.78. The molecule has 3 aromatic rings. The van der Waals surface area contributed by atoms with Crippen LogP contribution in [0.4, 0.5) is 0 Å². The molecule has 0 unspecified atom stereocenters. The molecule has 0 N–H and O–H groups in total. The standard InChI is InChI=1S/C22H19N3O2/c1-2-3-13-27-22(26)21-14-20(24-16-25-21)19-10-8-17(9-11-19)6-7-18-5-4-12-23-15-18/h4-5,8-12,14-16H,2-3,13H2,1H3. The fourth-order valence-electron chi connectivity index (χ4n) is 2.32. The molecule has 0 aliphatic carbocycles. The van der Waals surface area contributed by atoms with Gasteiger partial charge in [-0.1, -0.05) is 37.3 Å². The van der Waals surface area contributed by atoms with Crippen molar-refractivity contribution in [3.8, 4) is 23.1 Å². The Morgan fingerprint density at radius 3 is 2.63 bits per heavy atom. The summed E-state index contributed by atoms with van der Waals surface area (Å²) in [5, 5.41) is 0. The first-order chi connectivity index (χ1) is 13.3. The monoisotopic (exact) mass is 357 g/mol. The number of carbonyl (C=O) groups excluding carboxylic acids is 1. The number of hydrogen-bond acceptors (Lipinski definition) is 5. The fourth-order valence-corrected chi connectivity index (χ4v) is 2.32. The highest BCUT2D eigenvalue weighted by Crippen LogP contribution is 2.18. The predicted octanol–water partition coefficient (Wildman–Crippen LogP) is 3.90. The summed E-state index contributed by atoms with van der Waals surface area (Å²) in [6, 6.07) is 13.1. The van der Waals surface area contributed by atoms with E-state index in [4.69, 9.17) is 4.74 Å². The van der Waals surface area contributed by atoms with Gasteiger partial charge in [-0.15, -0.1) is 0 Å². The Bertz CT molecular complexity index is 958. The van der Waals surface area contributed by atoms with Crippen molar-refractivity contribution in [2.75, 3.05) is 6.61 Å². The van der Waals surface area contributed by atoms with Gasteiger partial charge < -0.3 is 4.74 Å². The lowest BCUT2D eigenvalue weighted by atomic mass is 10.1. The highest BCUT2D eigenvalue weighted by molar-refractivity contribution is 5.88. The SMILES string of the molecule is CCCCOC(=O)c1cc(-c2ccc(C#Cc3cccnc3)cc2)ncn1. The second-order valence-electron chi connectivity index (χ2n) is 5.85. The van der Waals surface area contributed by atoms with E-state index in [1.165, 1.54) is 6.33 Å². The smallest absolute Gasteiger partial charge is 0.357 e. The summed E-state index contributed by atoms with van der Waals surface area (Å²) in [6.45, 7) is 2.44. The van der Waals surface area contributed by atoms with Gasteiger partial charge in [-0.25, -0.2) is 14.8 Å². The first-order valence-electron chi connectivity index (χ1n) is 8.78. The van der Waals surface area contributed by atoms with E-state index < -0.39 is 5.97 Å². The largest absolute Gasteiger partial charge is 0.461 e. The molecule has 0 aliphatic rings. The molecule has 5 heteroatoms. The van der Waals surface area contributed by atoms with Crippen molar-refractivity contribution in [2.45, 2.75) is 19.8 Å². The minimum atomic E-state index is -0.425. The molecule has 0 aliphatic heterocycles. The molecular formula is C22H19N3O2. The predicted molar refractivity (Wildman–Crippen MR) is 103 cm³/mol. The number of rotatable bonds is 5. The van der Waals surface area contributed by atoms with Gasteiger partial charge in [0.1, 0.15) is 6.33 Å². The van der Waals surface area contributed by atoms with Crippen LogP contribution in [0.5, 0.6) is 0 Å². The Balaban J connectivity index is 1.73. The van der Waals surface area contributed by atoms with Crippen molar-refractivity contribution in [2.24, 2.45) is 0 Å². The van der Waals surface area contributed by atoms with Crippen LogP contribution in [-0.2, 0) is 4.74 Å². The molecule has 27 heavy (non-hydrogen) atoms. The molecule has 0 radical (unpaired) electrons. The summed E-state index contributed by atoms with van der Waals surface area (Å²) in [7, 11) is 0. The number of esters is 1. The Morgan fingerprint density at radius 2 is 1.89 bits per heavy atom. The molecule has 1 aromatic carbocycles. The number of aromatic nitrogens is 3. The van der Waals surface area contributed by atoms with Gasteiger partial charge in [-0.05, 0) is 36.8 Å². The second kappa shape index (κ2) is 9.25. The number of carbonyl (C=O) groups is 1. The average molecular weight is 357 g/mol. The Labute approximate surface area is 158 Å². The Hall–Kier alpha value is -3.52. The van der Waals surface area contributed by atoms with Crippen molar-refractivity contribution in [3.05, 3.63) is 78.0 Å². The average Bonchev–Trinajstić information content (AvgIpc) is 2.73. The molecule has 2 heterocycles. The quantitative estimate of drug-likeness (QED) is 0.394. The zero-order valence-electron chi connectivity index (χ0n) is 15.1. The molecule has 3 rings (SSSR count). The summed E-state index contributed by atoms with van der Waals surface area (Å²) in [5.74, 6) is 5.75. The van der Waals surface area contributed by atoms with Crippen LogP contribution in [0.25, 0.3) is 11.3 Å². The minimum absolute atomic E-state index is 0.261. The maximum absolute atomic E-state index is 12.0. The van der Waals surface area contributed by atoms with Gasteiger partial charge in [-0.3, -0.25) is 4.98 Å². The Morgan fingerprint density at radius 1 is 1.07 bits per heavy atom. The van der Waals surface area contributed by atoms with E-state index in [0.717, 1.165) is 29.5 Å². The van der Waals surface area contributed by atoms with Gasteiger partial charge in [0.2, 0.25) is 0 Å². The fraction of sp³-hybridized carbons (Fsp3) is 0.182. The molecule has 0 bridgehead atoms. The summed E-state index contributed by atoms with van der Waals surface area (Å²) in [4.78, 5) is 24.3. The molecule has 0 spiro atoms. The van der Waals surface area contributed by atoms with Gasteiger partial charge in [-0.2, -0.15) is 0 Å². The normalized spacial score (nSPS) is 9.96. The van der Waals surface area contributed by atoms with E-state index in [0.29, 0.717) is 12.3 Å². The number of nitrogens with zero attached hydrogens (tertiary/aromatic N) is 3. The third-order valence-corrected chi connectivity index (χ3v) is 3.80. The molecule has 0 saturated carbocycles. The number of ether oxygens (including phenoxy) is 1. The first kappa shape index (κ1) is 18.3. The van der Waals surface area contributed by atoms with Gasteiger partial charge in [0.25, 0.3) is 0 Å². The van der Waals surface area contributed by atoms with Crippen LogP contribution in [0.3, 0.4) is 0 Å². The zero-order chi connectivity index (χ0) is 18.9. The van der Waals surface area contributed by atoms with E-state index in [-0.39, 0.29) is 5.69 Å². The Kier molecular flexibility index (Phi) is 6.26. The molecule has 0 atom stereocenters. The lowest BCUT2D eigenvalue weighted by molar-refractivity contribution is 0.0492. The molecule has 5 nitrogen and oxygen atoms in total. The van der Waals surface area contributed by atoms with E-state index in [2.05, 4.69) is 26.8 Å². The molecule has 2 aromatic heterocycles. The van der Waals surface area contributed by atoms with Crippen molar-refractivity contribution in [1.82, 2.24) is 15.0 Å². The highest BCUT2D eigenvalue weighted by atomic mass is 16.5. The summed E-state index contributed by atoms with van der Waals surface area (Å²) >= 11 is 0. The molecule has 0 fully saturated rings. The van der Waals surface area contributed by atoms with Gasteiger partial charge in [0.05, 0.1) is 12.3 Å². The van der Waals surface area contributed by atoms with Crippen LogP contribution in [0.1, 0.15) is 41.4 Å². The maximum atomic E-state index is 12.0.